The number of rotatable bonds is 4. The first-order valence-electron chi connectivity index (χ1n) is 4.62. The summed E-state index contributed by atoms with van der Waals surface area (Å²) in [5, 5.41) is 3.13. The summed E-state index contributed by atoms with van der Waals surface area (Å²) >= 11 is 0. The number of amides is 1. The lowest BCUT2D eigenvalue weighted by Crippen LogP contribution is -2.44. The molecule has 1 rings (SSSR count). The van der Waals surface area contributed by atoms with Crippen molar-refractivity contribution in [3.8, 4) is 0 Å². The number of hydrogen-bond donors (Lipinski definition) is 3. The minimum Gasteiger partial charge on any atom is -0.452 e. The maximum Gasteiger partial charge on any atom is 0.421 e. The topological polar surface area (TPSA) is 96.5 Å². The van der Waals surface area contributed by atoms with Crippen molar-refractivity contribution in [2.24, 2.45) is 0 Å². The maximum absolute atomic E-state index is 11.2. The van der Waals surface area contributed by atoms with Crippen LogP contribution in [0.4, 0.5) is 4.79 Å². The summed E-state index contributed by atoms with van der Waals surface area (Å²) in [5.41, 5.74) is 0. The second-order valence-corrected chi connectivity index (χ2v) is 4.74. The number of hydrogen-bond acceptors (Lipinski definition) is 5. The molecule has 1 aliphatic rings. The average Bonchev–Trinajstić information content (AvgIpc) is 2.66. The average molecular weight is 237 g/mol. The highest BCUT2D eigenvalue weighted by atomic mass is 32.2. The molecule has 1 amide bonds. The second kappa shape index (κ2) is 5.29. The minimum atomic E-state index is -3.79. The fourth-order valence-corrected chi connectivity index (χ4v) is 2.12. The van der Waals surface area contributed by atoms with Gasteiger partial charge in [0.05, 0.1) is 7.11 Å². The molecule has 1 saturated heterocycles. The summed E-state index contributed by atoms with van der Waals surface area (Å²) in [5.74, 6) is 0. The van der Waals surface area contributed by atoms with Crippen LogP contribution in [-0.2, 0) is 14.9 Å². The standard InChI is InChI=1S/C7H15N3O4S/c1-14-7(11)10-15(12,13)9-5-6-3-2-4-8-6/h6,8-9H,2-5H2,1H3,(H,10,11). The zero-order valence-corrected chi connectivity index (χ0v) is 9.26. The van der Waals surface area contributed by atoms with E-state index in [9.17, 15) is 13.2 Å². The van der Waals surface area contributed by atoms with Crippen molar-refractivity contribution in [1.29, 1.82) is 0 Å². The van der Waals surface area contributed by atoms with E-state index in [0.717, 1.165) is 26.5 Å². The molecule has 0 bridgehead atoms. The van der Waals surface area contributed by atoms with Gasteiger partial charge in [-0.1, -0.05) is 0 Å². The predicted octanol–water partition coefficient (Wildman–Crippen LogP) is -1.07. The van der Waals surface area contributed by atoms with E-state index in [4.69, 9.17) is 0 Å². The predicted molar refractivity (Wildman–Crippen MR) is 53.5 cm³/mol. The number of carbonyl (C=O) groups excluding carboxylic acids is 1. The third-order valence-electron chi connectivity index (χ3n) is 2.09. The van der Waals surface area contributed by atoms with Crippen LogP contribution in [0.15, 0.2) is 0 Å². The van der Waals surface area contributed by atoms with Gasteiger partial charge in [0.1, 0.15) is 0 Å². The number of ether oxygens (including phenoxy) is 1. The summed E-state index contributed by atoms with van der Waals surface area (Å²) in [7, 11) is -2.69. The first-order chi connectivity index (χ1) is 7.03. The van der Waals surface area contributed by atoms with Gasteiger partial charge in [-0.25, -0.2) is 9.52 Å². The van der Waals surface area contributed by atoms with E-state index in [1.165, 1.54) is 0 Å². The van der Waals surface area contributed by atoms with Crippen molar-refractivity contribution in [3.05, 3.63) is 0 Å². The van der Waals surface area contributed by atoms with Gasteiger partial charge in [0.2, 0.25) is 0 Å². The highest BCUT2D eigenvalue weighted by molar-refractivity contribution is 7.88. The Labute approximate surface area is 88.7 Å². The lowest BCUT2D eigenvalue weighted by Gasteiger charge is -2.11. The lowest BCUT2D eigenvalue weighted by molar-refractivity contribution is 0.177. The van der Waals surface area contributed by atoms with Crippen molar-refractivity contribution in [2.75, 3.05) is 20.2 Å². The molecular formula is C7H15N3O4S. The van der Waals surface area contributed by atoms with E-state index in [-0.39, 0.29) is 12.6 Å². The Morgan fingerprint density at radius 2 is 2.33 bits per heavy atom. The quantitative estimate of drug-likeness (QED) is 0.578. The van der Waals surface area contributed by atoms with Crippen LogP contribution in [0.1, 0.15) is 12.8 Å². The largest absolute Gasteiger partial charge is 0.452 e. The summed E-state index contributed by atoms with van der Waals surface area (Å²) in [4.78, 5) is 10.7. The molecule has 0 aliphatic carbocycles. The maximum atomic E-state index is 11.2. The Bertz CT molecular complexity index is 310. The van der Waals surface area contributed by atoms with E-state index in [0.29, 0.717) is 0 Å². The molecule has 0 spiro atoms. The van der Waals surface area contributed by atoms with E-state index in [2.05, 4.69) is 14.8 Å². The van der Waals surface area contributed by atoms with Gasteiger partial charge in [0.15, 0.2) is 0 Å². The smallest absolute Gasteiger partial charge is 0.421 e. The van der Waals surface area contributed by atoms with Crippen LogP contribution in [0, 0.1) is 0 Å². The van der Waals surface area contributed by atoms with Gasteiger partial charge >= 0.3 is 16.3 Å². The lowest BCUT2D eigenvalue weighted by atomic mass is 10.2. The summed E-state index contributed by atoms with van der Waals surface area (Å²) in [6.07, 6.45) is 0.972. The van der Waals surface area contributed by atoms with Gasteiger partial charge in [0.25, 0.3) is 0 Å². The SMILES string of the molecule is COC(=O)NS(=O)(=O)NCC1CCCN1. The molecule has 3 N–H and O–H groups in total. The summed E-state index contributed by atoms with van der Waals surface area (Å²) in [6.45, 7) is 1.17. The van der Waals surface area contributed by atoms with Crippen LogP contribution < -0.4 is 14.8 Å². The van der Waals surface area contributed by atoms with Crippen molar-refractivity contribution in [3.63, 3.8) is 0 Å². The first-order valence-corrected chi connectivity index (χ1v) is 6.10. The Hall–Kier alpha value is -0.860. The minimum absolute atomic E-state index is 0.138. The molecule has 0 aromatic rings. The third-order valence-corrected chi connectivity index (χ3v) is 3.07. The normalized spacial score (nSPS) is 21.3. The van der Waals surface area contributed by atoms with Gasteiger partial charge < -0.3 is 10.1 Å². The second-order valence-electron chi connectivity index (χ2n) is 3.24. The monoisotopic (exact) mass is 237 g/mol. The van der Waals surface area contributed by atoms with Crippen molar-refractivity contribution >= 4 is 16.3 Å². The van der Waals surface area contributed by atoms with Crippen molar-refractivity contribution in [1.82, 2.24) is 14.8 Å². The highest BCUT2D eigenvalue weighted by Gasteiger charge is 2.19. The first kappa shape index (κ1) is 12.2. The van der Waals surface area contributed by atoms with Crippen LogP contribution in [0.5, 0.6) is 0 Å². The van der Waals surface area contributed by atoms with Gasteiger partial charge in [-0.3, -0.25) is 0 Å². The summed E-state index contributed by atoms with van der Waals surface area (Å²) in [6, 6.07) is 0.138. The van der Waals surface area contributed by atoms with Gasteiger partial charge in [-0.2, -0.15) is 13.1 Å². The molecule has 1 atom stereocenters. The molecule has 0 saturated carbocycles. The van der Waals surface area contributed by atoms with Crippen LogP contribution in [-0.4, -0.2) is 40.8 Å². The Morgan fingerprint density at radius 3 is 2.87 bits per heavy atom. The van der Waals surface area contributed by atoms with Crippen molar-refractivity contribution in [2.45, 2.75) is 18.9 Å². The zero-order valence-electron chi connectivity index (χ0n) is 8.45. The molecule has 0 radical (unpaired) electrons. The number of methoxy groups -OCH3 is 1. The molecule has 88 valence electrons. The summed E-state index contributed by atoms with van der Waals surface area (Å²) < 4.78 is 30.6. The van der Waals surface area contributed by atoms with Crippen LogP contribution in [0.25, 0.3) is 0 Å². The van der Waals surface area contributed by atoms with E-state index in [1.54, 1.807) is 4.72 Å². The molecule has 15 heavy (non-hydrogen) atoms. The van der Waals surface area contributed by atoms with Gasteiger partial charge in [-0.15, -0.1) is 0 Å². The molecule has 1 aliphatic heterocycles. The molecule has 8 heteroatoms. The van der Waals surface area contributed by atoms with E-state index >= 15 is 0 Å². The number of nitrogens with one attached hydrogen (secondary N) is 3. The molecule has 1 unspecified atom stereocenters. The highest BCUT2D eigenvalue weighted by Crippen LogP contribution is 2.03. The third kappa shape index (κ3) is 4.45. The fourth-order valence-electron chi connectivity index (χ4n) is 1.33. The number of carbonyl (C=O) groups is 1. The van der Waals surface area contributed by atoms with E-state index < -0.39 is 16.3 Å². The molecule has 0 aromatic carbocycles. The van der Waals surface area contributed by atoms with Crippen LogP contribution in [0.3, 0.4) is 0 Å². The fraction of sp³-hybridized carbons (Fsp3) is 0.857. The molecule has 0 aromatic heterocycles. The Morgan fingerprint density at radius 1 is 1.60 bits per heavy atom. The molecule has 1 heterocycles. The Kier molecular flexibility index (Phi) is 4.30. The zero-order chi connectivity index (χ0) is 11.3. The van der Waals surface area contributed by atoms with Gasteiger partial charge in [-0.05, 0) is 19.4 Å². The molecule has 7 nitrogen and oxygen atoms in total. The van der Waals surface area contributed by atoms with Crippen LogP contribution in [0.2, 0.25) is 0 Å². The van der Waals surface area contributed by atoms with E-state index in [1.807, 2.05) is 0 Å². The Balaban J connectivity index is 2.32. The molecule has 1 fully saturated rings. The van der Waals surface area contributed by atoms with Crippen molar-refractivity contribution < 1.29 is 17.9 Å². The van der Waals surface area contributed by atoms with Gasteiger partial charge in [0, 0.05) is 12.6 Å². The van der Waals surface area contributed by atoms with Crippen LogP contribution >= 0.6 is 0 Å². The molecular weight excluding hydrogens is 222 g/mol.